The molecule has 1 aromatic carbocycles. The second kappa shape index (κ2) is 6.91. The van der Waals surface area contributed by atoms with E-state index in [1.807, 2.05) is 0 Å². The molecular formula is C16H25NO. The first-order chi connectivity index (χ1) is 8.75. The van der Waals surface area contributed by atoms with Gasteiger partial charge in [0.25, 0.3) is 0 Å². The third-order valence-corrected chi connectivity index (χ3v) is 3.76. The van der Waals surface area contributed by atoms with Gasteiger partial charge in [-0.15, -0.1) is 0 Å². The van der Waals surface area contributed by atoms with Crippen LogP contribution in [0.3, 0.4) is 0 Å². The molecule has 2 rings (SSSR count). The number of hydrogen-bond donors (Lipinski definition) is 0. The van der Waals surface area contributed by atoms with Crippen LogP contribution >= 0.6 is 0 Å². The van der Waals surface area contributed by atoms with E-state index in [2.05, 4.69) is 36.9 Å². The maximum atomic E-state index is 5.80. The SMILES string of the molecule is Cc1ccc(COCCN2CCCCC2)c(C)c1. The summed E-state index contributed by atoms with van der Waals surface area (Å²) < 4.78 is 5.80. The molecule has 0 aliphatic carbocycles. The third kappa shape index (κ3) is 4.11. The molecule has 1 saturated heterocycles. The first-order valence-electron chi connectivity index (χ1n) is 7.12. The molecule has 0 aromatic heterocycles. The molecule has 0 bridgehead atoms. The van der Waals surface area contributed by atoms with Gasteiger partial charge in [-0.3, -0.25) is 0 Å². The van der Waals surface area contributed by atoms with Crippen molar-refractivity contribution in [2.45, 2.75) is 39.7 Å². The first kappa shape index (κ1) is 13.6. The Morgan fingerprint density at radius 1 is 1.11 bits per heavy atom. The average Bonchev–Trinajstić information content (AvgIpc) is 2.38. The van der Waals surface area contributed by atoms with Crippen molar-refractivity contribution in [3.63, 3.8) is 0 Å². The molecule has 1 aliphatic heterocycles. The van der Waals surface area contributed by atoms with Gasteiger partial charge in [-0.25, -0.2) is 0 Å². The van der Waals surface area contributed by atoms with E-state index in [-0.39, 0.29) is 0 Å². The zero-order valence-electron chi connectivity index (χ0n) is 11.7. The van der Waals surface area contributed by atoms with E-state index in [9.17, 15) is 0 Å². The highest BCUT2D eigenvalue weighted by atomic mass is 16.5. The zero-order valence-corrected chi connectivity index (χ0v) is 11.7. The molecule has 1 heterocycles. The Bertz CT molecular complexity index is 369. The van der Waals surface area contributed by atoms with Crippen molar-refractivity contribution in [2.75, 3.05) is 26.2 Å². The van der Waals surface area contributed by atoms with Gasteiger partial charge in [-0.05, 0) is 50.9 Å². The molecule has 1 fully saturated rings. The topological polar surface area (TPSA) is 12.5 Å². The Morgan fingerprint density at radius 2 is 1.89 bits per heavy atom. The van der Waals surface area contributed by atoms with E-state index in [1.54, 1.807) is 0 Å². The predicted octanol–water partition coefficient (Wildman–Crippen LogP) is 3.31. The molecule has 1 aliphatic rings. The number of nitrogens with zero attached hydrogens (tertiary/aromatic N) is 1. The number of rotatable bonds is 5. The van der Waals surface area contributed by atoms with Crippen LogP contribution in [-0.2, 0) is 11.3 Å². The lowest BCUT2D eigenvalue weighted by molar-refractivity contribution is 0.0861. The van der Waals surface area contributed by atoms with Gasteiger partial charge in [0.2, 0.25) is 0 Å². The fraction of sp³-hybridized carbons (Fsp3) is 0.625. The van der Waals surface area contributed by atoms with Crippen LogP contribution < -0.4 is 0 Å². The summed E-state index contributed by atoms with van der Waals surface area (Å²) in [5, 5.41) is 0. The van der Waals surface area contributed by atoms with Gasteiger partial charge in [-0.1, -0.05) is 30.2 Å². The van der Waals surface area contributed by atoms with Crippen LogP contribution in [0, 0.1) is 13.8 Å². The smallest absolute Gasteiger partial charge is 0.0720 e. The lowest BCUT2D eigenvalue weighted by atomic mass is 10.1. The molecule has 1 aromatic rings. The lowest BCUT2D eigenvalue weighted by Gasteiger charge is -2.26. The number of piperidine rings is 1. The van der Waals surface area contributed by atoms with Crippen LogP contribution in [0.1, 0.15) is 36.0 Å². The minimum atomic E-state index is 0.750. The molecule has 0 amide bonds. The highest BCUT2D eigenvalue weighted by Gasteiger charge is 2.09. The molecule has 0 saturated carbocycles. The van der Waals surface area contributed by atoms with Crippen molar-refractivity contribution in [3.05, 3.63) is 34.9 Å². The molecule has 0 N–H and O–H groups in total. The summed E-state index contributed by atoms with van der Waals surface area (Å²) in [5.74, 6) is 0. The van der Waals surface area contributed by atoms with Gasteiger partial charge in [0, 0.05) is 6.54 Å². The number of ether oxygens (including phenoxy) is 1. The summed E-state index contributed by atoms with van der Waals surface area (Å²) in [7, 11) is 0. The quantitative estimate of drug-likeness (QED) is 0.740. The molecule has 2 nitrogen and oxygen atoms in total. The summed E-state index contributed by atoms with van der Waals surface area (Å²) >= 11 is 0. The van der Waals surface area contributed by atoms with Crippen molar-refractivity contribution in [3.8, 4) is 0 Å². The number of benzene rings is 1. The average molecular weight is 247 g/mol. The molecular weight excluding hydrogens is 222 g/mol. The van der Waals surface area contributed by atoms with E-state index < -0.39 is 0 Å². The van der Waals surface area contributed by atoms with Crippen molar-refractivity contribution in [2.24, 2.45) is 0 Å². The minimum Gasteiger partial charge on any atom is -0.375 e. The Balaban J connectivity index is 1.68. The van der Waals surface area contributed by atoms with Crippen molar-refractivity contribution < 1.29 is 4.74 Å². The van der Waals surface area contributed by atoms with Crippen LogP contribution in [0.5, 0.6) is 0 Å². The molecule has 18 heavy (non-hydrogen) atoms. The van der Waals surface area contributed by atoms with Crippen LogP contribution in [0.25, 0.3) is 0 Å². The number of aryl methyl sites for hydroxylation is 2. The largest absolute Gasteiger partial charge is 0.375 e. The molecule has 2 heteroatoms. The van der Waals surface area contributed by atoms with Crippen LogP contribution in [0.4, 0.5) is 0 Å². The normalized spacial score (nSPS) is 17.0. The second-order valence-corrected chi connectivity index (χ2v) is 5.38. The van der Waals surface area contributed by atoms with Gasteiger partial charge in [0.05, 0.1) is 13.2 Å². The summed E-state index contributed by atoms with van der Waals surface area (Å²) in [5.41, 5.74) is 3.98. The maximum absolute atomic E-state index is 5.80. The van der Waals surface area contributed by atoms with Crippen LogP contribution in [0.15, 0.2) is 18.2 Å². The van der Waals surface area contributed by atoms with Gasteiger partial charge < -0.3 is 9.64 Å². The Kier molecular flexibility index (Phi) is 5.21. The second-order valence-electron chi connectivity index (χ2n) is 5.38. The monoisotopic (exact) mass is 247 g/mol. The van der Waals surface area contributed by atoms with E-state index in [1.165, 1.54) is 49.0 Å². The van der Waals surface area contributed by atoms with Gasteiger partial charge >= 0.3 is 0 Å². The van der Waals surface area contributed by atoms with Gasteiger partial charge in [-0.2, -0.15) is 0 Å². The maximum Gasteiger partial charge on any atom is 0.0720 e. The molecule has 0 unspecified atom stereocenters. The fourth-order valence-electron chi connectivity index (χ4n) is 2.57. The highest BCUT2D eigenvalue weighted by Crippen LogP contribution is 2.12. The summed E-state index contributed by atoms with van der Waals surface area (Å²) in [6.45, 7) is 9.50. The summed E-state index contributed by atoms with van der Waals surface area (Å²) in [4.78, 5) is 2.52. The molecule has 0 radical (unpaired) electrons. The standard InChI is InChI=1S/C16H25NO/c1-14-6-7-16(15(2)12-14)13-18-11-10-17-8-4-3-5-9-17/h6-7,12H,3-5,8-11,13H2,1-2H3. The summed E-state index contributed by atoms with van der Waals surface area (Å²) in [6, 6.07) is 6.57. The Morgan fingerprint density at radius 3 is 2.61 bits per heavy atom. The molecule has 0 spiro atoms. The number of likely N-dealkylation sites (tertiary alicyclic amines) is 1. The Hall–Kier alpha value is -0.860. The third-order valence-electron chi connectivity index (χ3n) is 3.76. The lowest BCUT2D eigenvalue weighted by Crippen LogP contribution is -2.32. The van der Waals surface area contributed by atoms with E-state index >= 15 is 0 Å². The van der Waals surface area contributed by atoms with Crippen molar-refractivity contribution in [1.29, 1.82) is 0 Å². The van der Waals surface area contributed by atoms with Crippen molar-refractivity contribution in [1.82, 2.24) is 4.90 Å². The predicted molar refractivity (Wildman–Crippen MR) is 75.9 cm³/mol. The molecule has 100 valence electrons. The Labute approximate surface area is 111 Å². The van der Waals surface area contributed by atoms with Crippen LogP contribution in [0.2, 0.25) is 0 Å². The van der Waals surface area contributed by atoms with E-state index in [0.717, 1.165) is 19.8 Å². The van der Waals surface area contributed by atoms with E-state index in [0.29, 0.717) is 0 Å². The van der Waals surface area contributed by atoms with Crippen LogP contribution in [-0.4, -0.2) is 31.1 Å². The zero-order chi connectivity index (χ0) is 12.8. The van der Waals surface area contributed by atoms with E-state index in [4.69, 9.17) is 4.74 Å². The van der Waals surface area contributed by atoms with Crippen molar-refractivity contribution >= 4 is 0 Å². The molecule has 0 atom stereocenters. The van der Waals surface area contributed by atoms with Gasteiger partial charge in [0.1, 0.15) is 0 Å². The minimum absolute atomic E-state index is 0.750. The fourth-order valence-corrected chi connectivity index (χ4v) is 2.57. The summed E-state index contributed by atoms with van der Waals surface area (Å²) in [6.07, 6.45) is 4.12. The first-order valence-corrected chi connectivity index (χ1v) is 7.12. The van der Waals surface area contributed by atoms with Gasteiger partial charge in [0.15, 0.2) is 0 Å². The number of hydrogen-bond acceptors (Lipinski definition) is 2. The highest BCUT2D eigenvalue weighted by molar-refractivity contribution is 5.29.